The third-order valence-corrected chi connectivity index (χ3v) is 15.0. The molecule has 1 aliphatic carbocycles. The maximum absolute atomic E-state index is 14.6. The smallest absolute Gasteiger partial charge is 0.329 e. The minimum absolute atomic E-state index is 0.0149. The number of hydrogen-bond donors (Lipinski definition) is 2. The standard InChI is InChI=1S/C55H77NO12/c1-10-24-65-47-30-38(19-22-46(47)66-42-21-20-40-16-12-13-17-41(40)31-42)28-35(5)50-37(7)44(57)32-45(58)39(11-2)26-33(3)25-34(4)27-48(63-8)51-49(64-9)29-36(6)55(62,68-51)52(59)53(60)56-23-15-14-18-43(56)54(61)67-50/h10,12-13,16-17,20-21,26,28,31,34,36-39,43-44,46-51,57,62H,1,11,14-15,18-19,22-25,27,29-30,32H2,2-9H3/b33-26+,35-28?. The molecule has 0 radical (unpaired) electrons. The van der Waals surface area contributed by atoms with Crippen LogP contribution in [0.25, 0.3) is 10.8 Å². The number of methoxy groups -OCH3 is 2. The van der Waals surface area contributed by atoms with Gasteiger partial charge < -0.3 is 43.5 Å². The lowest BCUT2D eigenvalue weighted by molar-refractivity contribution is -0.302. The number of cyclic esters (lactones) is 1. The Labute approximate surface area is 403 Å². The summed E-state index contributed by atoms with van der Waals surface area (Å²) in [4.78, 5) is 58.7. The van der Waals surface area contributed by atoms with Gasteiger partial charge in [0.05, 0.1) is 31.0 Å². The van der Waals surface area contributed by atoms with Gasteiger partial charge >= 0.3 is 5.97 Å². The molecule has 13 heteroatoms. The minimum Gasteiger partial charge on any atom is -0.488 e. The van der Waals surface area contributed by atoms with Crippen LogP contribution in [-0.4, -0.2) is 120 Å². The Morgan fingerprint density at radius 2 is 1.63 bits per heavy atom. The van der Waals surface area contributed by atoms with Gasteiger partial charge in [-0.15, -0.1) is 6.58 Å². The van der Waals surface area contributed by atoms with Gasteiger partial charge in [-0.3, -0.25) is 14.4 Å². The number of hydrogen-bond acceptors (Lipinski definition) is 12. The lowest BCUT2D eigenvalue weighted by atomic mass is 9.81. The number of esters is 1. The van der Waals surface area contributed by atoms with Gasteiger partial charge in [0.2, 0.25) is 5.79 Å². The van der Waals surface area contributed by atoms with Gasteiger partial charge in [-0.2, -0.15) is 0 Å². The number of aliphatic hydroxyl groups excluding tert-OH is 1. The molecule has 3 aliphatic heterocycles. The van der Waals surface area contributed by atoms with Crippen molar-refractivity contribution < 1.29 is 57.8 Å². The third-order valence-electron chi connectivity index (χ3n) is 15.0. The minimum atomic E-state index is -2.51. The number of rotatable bonds is 10. The zero-order valence-electron chi connectivity index (χ0n) is 41.6. The fourth-order valence-corrected chi connectivity index (χ4v) is 11.0. The van der Waals surface area contributed by atoms with Crippen LogP contribution in [0.15, 0.2) is 78.4 Å². The number of aliphatic hydroxyl groups is 2. The number of ether oxygens (including phenoxy) is 6. The van der Waals surface area contributed by atoms with Gasteiger partial charge in [0.15, 0.2) is 0 Å². The molecule has 13 nitrogen and oxygen atoms in total. The molecule has 1 amide bonds. The number of nitrogens with zero attached hydrogens (tertiary/aromatic N) is 1. The van der Waals surface area contributed by atoms with E-state index in [1.54, 1.807) is 19.9 Å². The van der Waals surface area contributed by atoms with Crippen LogP contribution in [0.1, 0.15) is 112 Å². The van der Waals surface area contributed by atoms with Crippen molar-refractivity contribution in [2.45, 2.75) is 167 Å². The molecule has 6 rings (SSSR count). The molecular formula is C55H77NO12. The lowest BCUT2D eigenvalue weighted by Crippen LogP contribution is -2.64. The van der Waals surface area contributed by atoms with Gasteiger partial charge in [-0.05, 0) is 118 Å². The molecule has 14 atom stereocenters. The Kier molecular flexibility index (Phi) is 18.8. The molecule has 2 aromatic rings. The van der Waals surface area contributed by atoms with Crippen LogP contribution in [0.2, 0.25) is 0 Å². The summed E-state index contributed by atoms with van der Waals surface area (Å²) >= 11 is 0. The van der Waals surface area contributed by atoms with Gasteiger partial charge in [-0.1, -0.05) is 81.8 Å². The normalized spacial score (nSPS) is 36.2. The number of Topliss-reactive ketones (excluding diaryl/α,β-unsaturated/α-hetero) is 2. The number of allylic oxidation sites excluding steroid dienone is 3. The van der Waals surface area contributed by atoms with Gasteiger partial charge in [-0.25, -0.2) is 4.79 Å². The summed E-state index contributed by atoms with van der Waals surface area (Å²) in [5.74, 6) is -6.81. The predicted octanol–water partition coefficient (Wildman–Crippen LogP) is 8.27. The zero-order chi connectivity index (χ0) is 49.3. The number of benzene rings is 2. The van der Waals surface area contributed by atoms with Crippen LogP contribution in [0, 0.1) is 29.6 Å². The molecule has 2 N–H and O–H groups in total. The van der Waals surface area contributed by atoms with E-state index in [0.29, 0.717) is 57.1 Å². The van der Waals surface area contributed by atoms with E-state index in [0.717, 1.165) is 28.5 Å². The van der Waals surface area contributed by atoms with E-state index in [2.05, 4.69) is 31.7 Å². The highest BCUT2D eigenvalue weighted by molar-refractivity contribution is 6.39. The molecule has 2 bridgehead atoms. The first-order valence-electron chi connectivity index (χ1n) is 25.0. The number of fused-ring (bicyclic) bond motifs is 4. The van der Waals surface area contributed by atoms with E-state index in [-0.39, 0.29) is 55.6 Å². The van der Waals surface area contributed by atoms with Crippen LogP contribution in [0.5, 0.6) is 5.75 Å². The molecule has 3 heterocycles. The van der Waals surface area contributed by atoms with Crippen molar-refractivity contribution in [1.29, 1.82) is 0 Å². The van der Waals surface area contributed by atoms with Crippen molar-refractivity contribution >= 4 is 34.2 Å². The summed E-state index contributed by atoms with van der Waals surface area (Å²) in [5.41, 5.74) is 1.68. The number of ketones is 2. The van der Waals surface area contributed by atoms with Crippen LogP contribution < -0.4 is 4.74 Å². The zero-order valence-corrected chi connectivity index (χ0v) is 41.6. The number of carbonyl (C=O) groups excluding carboxylic acids is 4. The number of carbonyl (C=O) groups is 4. The van der Waals surface area contributed by atoms with Crippen molar-refractivity contribution in [3.05, 3.63) is 78.4 Å². The second kappa shape index (κ2) is 24.1. The lowest BCUT2D eigenvalue weighted by Gasteiger charge is -2.47. The average Bonchev–Trinajstić information content (AvgIpc) is 3.33. The maximum atomic E-state index is 14.6. The van der Waals surface area contributed by atoms with Crippen LogP contribution in [0.4, 0.5) is 0 Å². The van der Waals surface area contributed by atoms with Crippen LogP contribution in [-0.2, 0) is 42.9 Å². The number of amides is 1. The van der Waals surface area contributed by atoms with Crippen molar-refractivity contribution in [2.24, 2.45) is 29.6 Å². The fraction of sp³-hybridized carbons (Fsp3) is 0.636. The first-order valence-corrected chi connectivity index (χ1v) is 25.0. The summed E-state index contributed by atoms with van der Waals surface area (Å²) in [5, 5.41) is 26.3. The molecule has 2 saturated heterocycles. The largest absolute Gasteiger partial charge is 0.488 e. The molecule has 1 saturated carbocycles. The average molecular weight is 944 g/mol. The first kappa shape index (κ1) is 53.1. The Balaban J connectivity index is 1.31. The first-order chi connectivity index (χ1) is 32.5. The van der Waals surface area contributed by atoms with E-state index < -0.39 is 77.8 Å². The highest BCUT2D eigenvalue weighted by Crippen LogP contribution is 2.40. The topological polar surface area (TPSA) is 167 Å². The summed E-state index contributed by atoms with van der Waals surface area (Å²) < 4.78 is 37.4. The van der Waals surface area contributed by atoms with Crippen LogP contribution >= 0.6 is 0 Å². The molecule has 3 fully saturated rings. The summed E-state index contributed by atoms with van der Waals surface area (Å²) in [6.45, 7) is 15.6. The van der Waals surface area contributed by atoms with Crippen molar-refractivity contribution in [3.8, 4) is 5.75 Å². The van der Waals surface area contributed by atoms with Gasteiger partial charge in [0.25, 0.3) is 11.7 Å². The number of piperidine rings is 1. The molecule has 4 aliphatic rings. The summed E-state index contributed by atoms with van der Waals surface area (Å²) in [6.07, 6.45) is 6.11. The van der Waals surface area contributed by atoms with E-state index in [9.17, 15) is 29.4 Å². The van der Waals surface area contributed by atoms with Crippen molar-refractivity contribution in [3.63, 3.8) is 0 Å². The molecule has 68 heavy (non-hydrogen) atoms. The van der Waals surface area contributed by atoms with Crippen molar-refractivity contribution in [1.82, 2.24) is 4.90 Å². The molecule has 0 aromatic heterocycles. The predicted molar refractivity (Wildman–Crippen MR) is 260 cm³/mol. The van der Waals surface area contributed by atoms with E-state index >= 15 is 0 Å². The molecular weight excluding hydrogens is 867 g/mol. The Morgan fingerprint density at radius 3 is 2.34 bits per heavy atom. The van der Waals surface area contributed by atoms with E-state index in [4.69, 9.17) is 28.4 Å². The highest BCUT2D eigenvalue weighted by atomic mass is 16.7. The van der Waals surface area contributed by atoms with Gasteiger partial charge in [0.1, 0.15) is 35.9 Å². The second-order valence-corrected chi connectivity index (χ2v) is 20.1. The molecule has 374 valence electrons. The Morgan fingerprint density at radius 1 is 0.912 bits per heavy atom. The third kappa shape index (κ3) is 12.6. The SMILES string of the molecule is C=CCOC1CC(C=C(C)C2OC(=O)C3CCCCN3C(=O)C(=O)C3(O)OC(C(OC)CC(C)C/C(C)=C/C(CC)C(=O)CC(O)C2C)C(OC)CC3C)CCC1Oc1ccc2ccccc2c1. The molecule has 0 spiro atoms. The molecule has 2 aromatic carbocycles. The van der Waals surface area contributed by atoms with Crippen LogP contribution in [0.3, 0.4) is 0 Å². The Hall–Kier alpha value is -4.24. The summed E-state index contributed by atoms with van der Waals surface area (Å²) in [6, 6.07) is 13.0. The second-order valence-electron chi connectivity index (χ2n) is 20.1. The van der Waals surface area contributed by atoms with E-state index in [1.807, 2.05) is 57.2 Å². The Bertz CT molecular complexity index is 2130. The van der Waals surface area contributed by atoms with Crippen molar-refractivity contribution in [2.75, 3.05) is 27.4 Å². The van der Waals surface area contributed by atoms with E-state index in [1.165, 1.54) is 19.1 Å². The fourth-order valence-electron chi connectivity index (χ4n) is 11.0. The molecule has 14 unspecified atom stereocenters. The quantitative estimate of drug-likeness (QED) is 0.133. The highest BCUT2D eigenvalue weighted by Gasteiger charge is 2.56. The van der Waals surface area contributed by atoms with Gasteiger partial charge in [0, 0.05) is 44.9 Å². The monoisotopic (exact) mass is 944 g/mol. The summed E-state index contributed by atoms with van der Waals surface area (Å²) in [7, 11) is 3.08. The maximum Gasteiger partial charge on any atom is 0.329 e.